The van der Waals surface area contributed by atoms with Gasteiger partial charge in [0.2, 0.25) is 5.91 Å². The van der Waals surface area contributed by atoms with Gasteiger partial charge in [-0.25, -0.2) is 4.98 Å². The van der Waals surface area contributed by atoms with E-state index in [1.165, 1.54) is 11.3 Å². The van der Waals surface area contributed by atoms with Gasteiger partial charge in [-0.05, 0) is 38.1 Å². The van der Waals surface area contributed by atoms with E-state index in [2.05, 4.69) is 16.5 Å². The predicted molar refractivity (Wildman–Crippen MR) is 119 cm³/mol. The van der Waals surface area contributed by atoms with Gasteiger partial charge in [-0.15, -0.1) is 11.3 Å². The molecular weight excluding hydrogens is 398 g/mol. The van der Waals surface area contributed by atoms with Crippen LogP contribution < -0.4 is 0 Å². The van der Waals surface area contributed by atoms with Crippen LogP contribution in [-0.2, 0) is 22.7 Å². The number of nitrogens with zero attached hydrogens (tertiary/aromatic N) is 3. The molecule has 0 aliphatic carbocycles. The van der Waals surface area contributed by atoms with E-state index < -0.39 is 0 Å². The Labute approximate surface area is 180 Å². The molecule has 0 bridgehead atoms. The van der Waals surface area contributed by atoms with Crippen LogP contribution in [0.4, 0.5) is 0 Å². The second-order valence-electron chi connectivity index (χ2n) is 7.38. The number of benzene rings is 1. The summed E-state index contributed by atoms with van der Waals surface area (Å²) in [6.07, 6.45) is 0.680. The zero-order valence-electron chi connectivity index (χ0n) is 17.7. The summed E-state index contributed by atoms with van der Waals surface area (Å²) in [5.74, 6) is 0.665. The van der Waals surface area contributed by atoms with Gasteiger partial charge in [0.1, 0.15) is 11.6 Å². The number of rotatable bonds is 10. The Kier molecular flexibility index (Phi) is 7.15. The maximum absolute atomic E-state index is 12.5. The third-order valence-corrected chi connectivity index (χ3v) is 6.16. The molecule has 0 aliphatic rings. The lowest BCUT2D eigenvalue weighted by Gasteiger charge is -2.17. The summed E-state index contributed by atoms with van der Waals surface area (Å²) < 4.78 is 2.10. The molecule has 3 rings (SSSR count). The molecule has 0 N–H and O–H groups in total. The molecule has 0 spiro atoms. The van der Waals surface area contributed by atoms with Crippen molar-refractivity contribution in [3.05, 3.63) is 52.0 Å². The van der Waals surface area contributed by atoms with Gasteiger partial charge < -0.3 is 9.47 Å². The maximum atomic E-state index is 12.5. The molecule has 0 fully saturated rings. The van der Waals surface area contributed by atoms with Crippen molar-refractivity contribution in [2.24, 2.45) is 0 Å². The number of hydrogen-bond acceptors (Lipinski definition) is 5. The first-order valence-corrected chi connectivity index (χ1v) is 11.0. The molecule has 0 radical (unpaired) electrons. The Hall–Kier alpha value is -2.80. The van der Waals surface area contributed by atoms with Gasteiger partial charge in [0.05, 0.1) is 22.5 Å². The van der Waals surface area contributed by atoms with E-state index in [1.807, 2.05) is 37.3 Å². The number of hydrogen-bond donors (Lipinski definition) is 0. The SMILES string of the molecule is CCn1c(CN(C)C(=O)CCC(=O)CCC(=O)c2ccc(C)s2)nc2ccccc21. The number of aromatic nitrogens is 2. The normalized spacial score (nSPS) is 11.0. The number of aryl methyl sites for hydroxylation is 2. The van der Waals surface area contributed by atoms with Crippen molar-refractivity contribution < 1.29 is 14.4 Å². The van der Waals surface area contributed by atoms with Crippen molar-refractivity contribution in [3.63, 3.8) is 0 Å². The van der Waals surface area contributed by atoms with Crippen LogP contribution in [-0.4, -0.2) is 39.0 Å². The fraction of sp³-hybridized carbons (Fsp3) is 0.391. The molecule has 0 aliphatic heterocycles. The van der Waals surface area contributed by atoms with Crippen molar-refractivity contribution in [2.45, 2.75) is 52.6 Å². The Bertz CT molecular complexity index is 1070. The number of para-hydroxylation sites is 2. The number of thiophene rings is 1. The van der Waals surface area contributed by atoms with Gasteiger partial charge in [-0.2, -0.15) is 0 Å². The lowest BCUT2D eigenvalue weighted by Crippen LogP contribution is -2.28. The van der Waals surface area contributed by atoms with Crippen LogP contribution in [0.25, 0.3) is 11.0 Å². The predicted octanol–water partition coefficient (Wildman–Crippen LogP) is 4.40. The molecule has 1 aromatic carbocycles. The highest BCUT2D eigenvalue weighted by Crippen LogP contribution is 2.19. The highest BCUT2D eigenvalue weighted by atomic mass is 32.1. The van der Waals surface area contributed by atoms with Gasteiger partial charge in [-0.1, -0.05) is 12.1 Å². The highest BCUT2D eigenvalue weighted by molar-refractivity contribution is 7.14. The topological polar surface area (TPSA) is 72.3 Å². The van der Waals surface area contributed by atoms with Crippen LogP contribution >= 0.6 is 11.3 Å². The summed E-state index contributed by atoms with van der Waals surface area (Å²) in [6, 6.07) is 11.6. The van der Waals surface area contributed by atoms with Crippen LogP contribution in [0, 0.1) is 6.92 Å². The van der Waals surface area contributed by atoms with Crippen LogP contribution in [0.2, 0.25) is 0 Å². The Morgan fingerprint density at radius 1 is 1.03 bits per heavy atom. The minimum Gasteiger partial charge on any atom is -0.338 e. The summed E-state index contributed by atoms with van der Waals surface area (Å²) in [4.78, 5) is 44.8. The van der Waals surface area contributed by atoms with Crippen molar-refractivity contribution >= 4 is 39.8 Å². The number of fused-ring (bicyclic) bond motifs is 1. The second kappa shape index (κ2) is 9.80. The highest BCUT2D eigenvalue weighted by Gasteiger charge is 2.17. The molecular formula is C23H27N3O3S. The van der Waals surface area contributed by atoms with Crippen LogP contribution in [0.15, 0.2) is 36.4 Å². The zero-order valence-corrected chi connectivity index (χ0v) is 18.5. The van der Waals surface area contributed by atoms with E-state index >= 15 is 0 Å². The van der Waals surface area contributed by atoms with E-state index in [0.29, 0.717) is 11.4 Å². The molecule has 1 amide bonds. The Balaban J connectivity index is 1.48. The van der Waals surface area contributed by atoms with Gasteiger partial charge in [0, 0.05) is 44.2 Å². The molecule has 6 nitrogen and oxygen atoms in total. The molecule has 3 aromatic rings. The van der Waals surface area contributed by atoms with E-state index in [-0.39, 0.29) is 43.2 Å². The average Bonchev–Trinajstić information content (AvgIpc) is 3.32. The molecule has 7 heteroatoms. The lowest BCUT2D eigenvalue weighted by molar-refractivity contribution is -0.132. The Morgan fingerprint density at radius 2 is 1.77 bits per heavy atom. The summed E-state index contributed by atoms with van der Waals surface area (Å²) >= 11 is 1.45. The molecule has 30 heavy (non-hydrogen) atoms. The fourth-order valence-electron chi connectivity index (χ4n) is 3.42. The van der Waals surface area contributed by atoms with Crippen LogP contribution in [0.5, 0.6) is 0 Å². The smallest absolute Gasteiger partial charge is 0.223 e. The number of ketones is 2. The molecule has 2 aromatic heterocycles. The first kappa shape index (κ1) is 21.9. The number of imidazole rings is 1. The van der Waals surface area contributed by atoms with Crippen molar-refractivity contribution in [1.29, 1.82) is 0 Å². The summed E-state index contributed by atoms with van der Waals surface area (Å²) in [6.45, 7) is 5.17. The number of amides is 1. The van der Waals surface area contributed by atoms with E-state index in [4.69, 9.17) is 0 Å². The number of carbonyl (C=O) groups is 3. The maximum Gasteiger partial charge on any atom is 0.223 e. The van der Waals surface area contributed by atoms with Gasteiger partial charge >= 0.3 is 0 Å². The third kappa shape index (κ3) is 5.21. The quantitative estimate of drug-likeness (QED) is 0.452. The standard InChI is InChI=1S/C23H27N3O3S/c1-4-26-19-8-6-5-7-18(19)24-22(26)15-25(3)23(29)14-11-17(27)10-12-20(28)21-13-9-16(2)30-21/h5-9,13H,4,10-12,14-15H2,1-3H3. The summed E-state index contributed by atoms with van der Waals surface area (Å²) in [5, 5.41) is 0. The summed E-state index contributed by atoms with van der Waals surface area (Å²) in [5.41, 5.74) is 1.97. The molecule has 0 saturated carbocycles. The van der Waals surface area contributed by atoms with Gasteiger partial charge in [-0.3, -0.25) is 14.4 Å². The van der Waals surface area contributed by atoms with E-state index in [0.717, 1.165) is 28.3 Å². The van der Waals surface area contributed by atoms with Crippen molar-refractivity contribution in [2.75, 3.05) is 7.05 Å². The van der Waals surface area contributed by atoms with E-state index in [1.54, 1.807) is 18.0 Å². The molecule has 0 unspecified atom stereocenters. The second-order valence-corrected chi connectivity index (χ2v) is 8.67. The molecule has 2 heterocycles. The summed E-state index contributed by atoms with van der Waals surface area (Å²) in [7, 11) is 1.73. The first-order chi connectivity index (χ1) is 14.4. The van der Waals surface area contributed by atoms with Crippen LogP contribution in [0.3, 0.4) is 0 Å². The Morgan fingerprint density at radius 3 is 2.47 bits per heavy atom. The fourth-order valence-corrected chi connectivity index (χ4v) is 4.26. The third-order valence-electron chi connectivity index (χ3n) is 5.12. The monoisotopic (exact) mass is 425 g/mol. The van der Waals surface area contributed by atoms with Gasteiger partial charge in [0.25, 0.3) is 0 Å². The van der Waals surface area contributed by atoms with Crippen molar-refractivity contribution in [1.82, 2.24) is 14.5 Å². The minimum atomic E-state index is -0.0988. The molecule has 158 valence electrons. The molecule has 0 saturated heterocycles. The van der Waals surface area contributed by atoms with E-state index in [9.17, 15) is 14.4 Å². The number of Topliss-reactive ketones (excluding diaryl/α,β-unsaturated/α-hetero) is 2. The lowest BCUT2D eigenvalue weighted by atomic mass is 10.1. The van der Waals surface area contributed by atoms with Gasteiger partial charge in [0.15, 0.2) is 5.78 Å². The van der Waals surface area contributed by atoms with Crippen molar-refractivity contribution in [3.8, 4) is 0 Å². The largest absolute Gasteiger partial charge is 0.338 e. The van der Waals surface area contributed by atoms with Crippen LogP contribution in [0.1, 0.15) is 53.0 Å². The number of carbonyl (C=O) groups excluding carboxylic acids is 3. The molecule has 0 atom stereocenters. The zero-order chi connectivity index (χ0) is 21.7. The first-order valence-electron chi connectivity index (χ1n) is 10.2. The average molecular weight is 426 g/mol. The minimum absolute atomic E-state index is 0.0108.